The maximum absolute atomic E-state index is 11.4. The van der Waals surface area contributed by atoms with Crippen LogP contribution in [0, 0.1) is 0 Å². The highest BCUT2D eigenvalue weighted by atomic mass is 35.5. The summed E-state index contributed by atoms with van der Waals surface area (Å²) in [6.45, 7) is 0. The third kappa shape index (κ3) is 3.23. The molecule has 0 aliphatic rings. The smallest absolute Gasteiger partial charge is 0.270 e. The van der Waals surface area contributed by atoms with Gasteiger partial charge < -0.3 is 0 Å². The van der Waals surface area contributed by atoms with E-state index in [0.29, 0.717) is 10.7 Å². The molecule has 0 aromatic heterocycles. The van der Waals surface area contributed by atoms with E-state index in [1.165, 1.54) is 0 Å². The third-order valence-corrected chi connectivity index (χ3v) is 1.87. The van der Waals surface area contributed by atoms with Crippen LogP contribution >= 0.6 is 11.6 Å². The zero-order valence-corrected chi connectivity index (χ0v) is 8.57. The van der Waals surface area contributed by atoms with E-state index in [-0.39, 0.29) is 5.88 Å². The van der Waals surface area contributed by atoms with Gasteiger partial charge in [0.05, 0.1) is 0 Å². The predicted molar refractivity (Wildman–Crippen MR) is 55.7 cm³/mol. The molecule has 0 spiro atoms. The molecule has 0 aliphatic carbocycles. The Morgan fingerprint density at radius 3 is 2.47 bits per heavy atom. The summed E-state index contributed by atoms with van der Waals surface area (Å²) < 4.78 is 0. The van der Waals surface area contributed by atoms with Crippen molar-refractivity contribution in [3.63, 3.8) is 0 Å². The van der Waals surface area contributed by atoms with Gasteiger partial charge in [-0.3, -0.25) is 9.59 Å². The number of carbonyl (C=O) groups excluding carboxylic acids is 2. The highest BCUT2D eigenvalue weighted by molar-refractivity contribution is 6.27. The van der Waals surface area contributed by atoms with Crippen LogP contribution in [0.4, 0.5) is 0 Å². The highest BCUT2D eigenvalue weighted by Crippen LogP contribution is 1.97. The van der Waals surface area contributed by atoms with E-state index in [1.807, 2.05) is 0 Å². The summed E-state index contributed by atoms with van der Waals surface area (Å²) in [6.07, 6.45) is 0. The molecule has 6 heteroatoms. The average molecular weight is 228 g/mol. The van der Waals surface area contributed by atoms with Gasteiger partial charge in [0.2, 0.25) is 0 Å². The van der Waals surface area contributed by atoms with Crippen LogP contribution in [0.1, 0.15) is 10.4 Å². The second-order valence-corrected chi connectivity index (χ2v) is 2.97. The van der Waals surface area contributed by atoms with Gasteiger partial charge in [-0.1, -0.05) is 18.2 Å². The number of amides is 2. The minimum absolute atomic E-state index is 0.286. The van der Waals surface area contributed by atoms with Crippen LogP contribution in [0.2, 0.25) is 0 Å². The summed E-state index contributed by atoms with van der Waals surface area (Å²) in [4.78, 5) is 22.4. The molecule has 0 aliphatic heterocycles. The molecular formula is C9H10ClN3O2. The maximum atomic E-state index is 11.4. The summed E-state index contributed by atoms with van der Waals surface area (Å²) in [5.74, 6) is 3.90. The van der Waals surface area contributed by atoms with Crippen LogP contribution in [-0.4, -0.2) is 22.8 Å². The number of nitrogens with zero attached hydrogens (tertiary/aromatic N) is 1. The fourth-order valence-electron chi connectivity index (χ4n) is 0.890. The fraction of sp³-hybridized carbons (Fsp3) is 0.111. The summed E-state index contributed by atoms with van der Waals surface area (Å²) in [7, 11) is 0. The Labute approximate surface area is 91.7 Å². The van der Waals surface area contributed by atoms with Crippen LogP contribution in [0.3, 0.4) is 0 Å². The normalized spacial score (nSPS) is 9.47. The Bertz CT molecular complexity index is 356. The van der Waals surface area contributed by atoms with Gasteiger partial charge in [0, 0.05) is 5.56 Å². The molecular weight excluding hydrogens is 218 g/mol. The van der Waals surface area contributed by atoms with Crippen molar-refractivity contribution in [2.45, 2.75) is 0 Å². The molecule has 1 aromatic rings. The molecule has 1 rings (SSSR count). The average Bonchev–Trinajstić information content (AvgIpc) is 2.29. The Hall–Kier alpha value is -1.59. The fourth-order valence-corrected chi connectivity index (χ4v) is 1.02. The van der Waals surface area contributed by atoms with Crippen LogP contribution in [-0.2, 0) is 4.79 Å². The Kier molecular flexibility index (Phi) is 4.08. The second kappa shape index (κ2) is 5.33. The van der Waals surface area contributed by atoms with Gasteiger partial charge in [0.25, 0.3) is 11.8 Å². The molecule has 0 fully saturated rings. The number of alkyl halides is 1. The van der Waals surface area contributed by atoms with Crippen LogP contribution in [0.25, 0.3) is 0 Å². The van der Waals surface area contributed by atoms with Crippen molar-refractivity contribution in [1.82, 2.24) is 10.5 Å². The Morgan fingerprint density at radius 2 is 1.93 bits per heavy atom. The first-order chi connectivity index (χ1) is 7.15. The molecule has 0 atom stereocenters. The van der Waals surface area contributed by atoms with E-state index < -0.39 is 11.8 Å². The molecule has 0 saturated carbocycles. The zero-order valence-electron chi connectivity index (χ0n) is 7.81. The monoisotopic (exact) mass is 227 g/mol. The van der Waals surface area contributed by atoms with Gasteiger partial charge in [-0.15, -0.1) is 11.6 Å². The molecule has 1 aromatic carbocycles. The maximum Gasteiger partial charge on any atom is 0.271 e. The number of hydrogen-bond acceptors (Lipinski definition) is 3. The molecule has 0 radical (unpaired) electrons. The van der Waals surface area contributed by atoms with Gasteiger partial charge >= 0.3 is 0 Å². The zero-order chi connectivity index (χ0) is 11.3. The van der Waals surface area contributed by atoms with Gasteiger partial charge in [-0.2, -0.15) is 5.12 Å². The summed E-state index contributed by atoms with van der Waals surface area (Å²) in [5.41, 5.74) is 2.60. The number of nitrogens with two attached hydrogens (primary N) is 1. The lowest BCUT2D eigenvalue weighted by molar-refractivity contribution is -0.131. The first-order valence-corrected chi connectivity index (χ1v) is 4.68. The van der Waals surface area contributed by atoms with E-state index in [0.717, 1.165) is 0 Å². The topological polar surface area (TPSA) is 75.4 Å². The van der Waals surface area contributed by atoms with Crippen molar-refractivity contribution in [1.29, 1.82) is 0 Å². The minimum Gasteiger partial charge on any atom is -0.270 e. The molecule has 15 heavy (non-hydrogen) atoms. The lowest BCUT2D eigenvalue weighted by atomic mass is 10.2. The van der Waals surface area contributed by atoms with E-state index in [2.05, 4.69) is 5.43 Å². The molecule has 3 N–H and O–H groups in total. The lowest BCUT2D eigenvalue weighted by Gasteiger charge is -2.15. The number of carbonyl (C=O) groups is 2. The van der Waals surface area contributed by atoms with Crippen molar-refractivity contribution < 1.29 is 9.59 Å². The number of halogens is 1. The van der Waals surface area contributed by atoms with Gasteiger partial charge in [-0.25, -0.2) is 11.3 Å². The SMILES string of the molecule is NN(NC(=O)c1ccccc1)C(=O)CCl. The standard InChI is InChI=1S/C9H10ClN3O2/c10-6-8(14)13(11)12-9(15)7-4-2-1-3-5-7/h1-5H,6,11H2,(H,12,15). The number of hydrazine groups is 2. The van der Waals surface area contributed by atoms with E-state index in [1.54, 1.807) is 30.3 Å². The van der Waals surface area contributed by atoms with Crippen molar-refractivity contribution in [2.75, 3.05) is 5.88 Å². The first kappa shape index (κ1) is 11.5. The largest absolute Gasteiger partial charge is 0.271 e. The summed E-state index contributed by atoms with van der Waals surface area (Å²) in [6, 6.07) is 8.40. The van der Waals surface area contributed by atoms with Crippen molar-refractivity contribution >= 4 is 23.4 Å². The van der Waals surface area contributed by atoms with Gasteiger partial charge in [0.1, 0.15) is 5.88 Å². The number of hydrogen-bond donors (Lipinski definition) is 2. The molecule has 0 heterocycles. The third-order valence-electron chi connectivity index (χ3n) is 1.64. The summed E-state index contributed by atoms with van der Waals surface area (Å²) >= 11 is 5.25. The summed E-state index contributed by atoms with van der Waals surface area (Å²) in [5, 5.41) is 0.572. The van der Waals surface area contributed by atoms with Crippen LogP contribution in [0.5, 0.6) is 0 Å². The number of benzene rings is 1. The van der Waals surface area contributed by atoms with Crippen LogP contribution < -0.4 is 11.3 Å². The van der Waals surface area contributed by atoms with E-state index in [9.17, 15) is 9.59 Å². The highest BCUT2D eigenvalue weighted by Gasteiger charge is 2.12. The number of nitrogens with one attached hydrogen (secondary N) is 1. The molecule has 80 valence electrons. The van der Waals surface area contributed by atoms with Crippen molar-refractivity contribution in [2.24, 2.45) is 5.84 Å². The van der Waals surface area contributed by atoms with Gasteiger partial charge in [-0.05, 0) is 12.1 Å². The van der Waals surface area contributed by atoms with E-state index >= 15 is 0 Å². The Morgan fingerprint density at radius 1 is 1.33 bits per heavy atom. The van der Waals surface area contributed by atoms with Crippen molar-refractivity contribution in [3.05, 3.63) is 35.9 Å². The minimum atomic E-state index is -0.582. The predicted octanol–water partition coefficient (Wildman–Crippen LogP) is 0.272. The van der Waals surface area contributed by atoms with E-state index in [4.69, 9.17) is 17.4 Å². The quantitative estimate of drug-likeness (QED) is 0.330. The van der Waals surface area contributed by atoms with Crippen LogP contribution in [0.15, 0.2) is 30.3 Å². The first-order valence-electron chi connectivity index (χ1n) is 4.15. The second-order valence-electron chi connectivity index (χ2n) is 2.70. The molecule has 0 saturated heterocycles. The van der Waals surface area contributed by atoms with Crippen molar-refractivity contribution in [3.8, 4) is 0 Å². The van der Waals surface area contributed by atoms with Gasteiger partial charge in [0.15, 0.2) is 0 Å². The number of rotatable bonds is 2. The lowest BCUT2D eigenvalue weighted by Crippen LogP contribution is -2.51. The molecule has 0 bridgehead atoms. The Balaban J connectivity index is 2.61. The molecule has 2 amide bonds. The molecule has 0 unspecified atom stereocenters. The molecule has 5 nitrogen and oxygen atoms in total.